The van der Waals surface area contributed by atoms with Gasteiger partial charge in [0, 0.05) is 5.69 Å². The van der Waals surface area contributed by atoms with Gasteiger partial charge in [-0.05, 0) is 65.8 Å². The van der Waals surface area contributed by atoms with Crippen molar-refractivity contribution in [1.82, 2.24) is 9.97 Å². The van der Waals surface area contributed by atoms with Crippen LogP contribution < -0.4 is 28.4 Å². The zero-order chi connectivity index (χ0) is 25.4. The molecule has 0 saturated heterocycles. The second-order valence-corrected chi connectivity index (χ2v) is 7.54. The number of hydrogen-bond acceptors (Lipinski definition) is 8. The van der Waals surface area contributed by atoms with Gasteiger partial charge in [0.05, 0.1) is 48.4 Å². The Bertz CT molecular complexity index is 1150. The van der Waals surface area contributed by atoms with E-state index < -0.39 is 0 Å². The summed E-state index contributed by atoms with van der Waals surface area (Å²) in [7, 11) is 9.46. The Morgan fingerprint density at radius 1 is 0.600 bits per heavy atom. The summed E-state index contributed by atoms with van der Waals surface area (Å²) in [4.78, 5) is 7.48. The van der Waals surface area contributed by atoms with Crippen molar-refractivity contribution < 1.29 is 28.4 Å². The first-order valence-electron chi connectivity index (χ1n) is 10.5. The molecule has 0 radical (unpaired) electrons. The van der Waals surface area contributed by atoms with E-state index in [-0.39, 0.29) is 0 Å². The fraction of sp³-hybridized carbons (Fsp3) is 0.231. The average Bonchev–Trinajstić information content (AvgIpc) is 2.88. The van der Waals surface area contributed by atoms with Crippen molar-refractivity contribution in [3.05, 3.63) is 57.6 Å². The van der Waals surface area contributed by atoms with Crippen LogP contribution in [0.25, 0.3) is 24.3 Å². The second-order valence-electron chi connectivity index (χ2n) is 7.15. The van der Waals surface area contributed by atoms with E-state index in [4.69, 9.17) is 40.6 Å². The minimum atomic E-state index is 0.363. The number of methoxy groups -OCH3 is 6. The largest absolute Gasteiger partial charge is 0.493 e. The van der Waals surface area contributed by atoms with Crippen molar-refractivity contribution in [3.8, 4) is 34.5 Å². The number of aromatic nitrogens is 2. The summed E-state index contributed by atoms with van der Waals surface area (Å²) in [6.07, 6.45) is 7.57. The van der Waals surface area contributed by atoms with Crippen LogP contribution in [0.15, 0.2) is 30.3 Å². The molecule has 0 amide bonds. The highest BCUT2D eigenvalue weighted by molar-refractivity contribution is 7.71. The molecule has 0 atom stereocenters. The third kappa shape index (κ3) is 6.13. The van der Waals surface area contributed by atoms with Gasteiger partial charge in [-0.25, -0.2) is 4.98 Å². The quantitative estimate of drug-likeness (QED) is 0.367. The molecule has 0 aliphatic carbocycles. The molecular weight excluding hydrogens is 468 g/mol. The predicted molar refractivity (Wildman–Crippen MR) is 139 cm³/mol. The van der Waals surface area contributed by atoms with Gasteiger partial charge in [0.2, 0.25) is 11.5 Å². The topological polar surface area (TPSA) is 84.1 Å². The van der Waals surface area contributed by atoms with Gasteiger partial charge in [-0.3, -0.25) is 0 Å². The lowest BCUT2D eigenvalue weighted by atomic mass is 10.1. The van der Waals surface area contributed by atoms with Gasteiger partial charge in [-0.2, -0.15) is 0 Å². The molecule has 2 aromatic carbocycles. The normalized spacial score (nSPS) is 11.0. The van der Waals surface area contributed by atoms with Gasteiger partial charge < -0.3 is 33.4 Å². The monoisotopic (exact) mass is 496 g/mol. The highest BCUT2D eigenvalue weighted by Crippen LogP contribution is 2.39. The van der Waals surface area contributed by atoms with Crippen molar-refractivity contribution in [2.75, 3.05) is 42.7 Å². The number of hydrogen-bond donors (Lipinski definition) is 1. The van der Waals surface area contributed by atoms with E-state index in [0.717, 1.165) is 16.8 Å². The van der Waals surface area contributed by atoms with Crippen molar-refractivity contribution in [1.29, 1.82) is 0 Å². The SMILES string of the molecule is COc1cc(C=Cc2cc(C=Cc3cc(OC)c(OC)c(OC)c3)[nH]c(=S)n2)cc(OC)c1OC. The zero-order valence-electron chi connectivity index (χ0n) is 20.5. The van der Waals surface area contributed by atoms with Crippen LogP contribution in [0.4, 0.5) is 0 Å². The van der Waals surface area contributed by atoms with Crippen LogP contribution in [-0.2, 0) is 0 Å². The molecule has 0 saturated carbocycles. The summed E-state index contributed by atoms with van der Waals surface area (Å²) < 4.78 is 32.8. The van der Waals surface area contributed by atoms with Crippen LogP contribution in [-0.4, -0.2) is 52.6 Å². The molecule has 0 unspecified atom stereocenters. The number of rotatable bonds is 10. The summed E-state index contributed by atoms with van der Waals surface area (Å²) in [6, 6.07) is 9.32. The van der Waals surface area contributed by atoms with Crippen LogP contribution in [0.5, 0.6) is 34.5 Å². The van der Waals surface area contributed by atoms with Crippen LogP contribution in [0.3, 0.4) is 0 Å². The summed E-state index contributed by atoms with van der Waals surface area (Å²) >= 11 is 5.33. The zero-order valence-corrected chi connectivity index (χ0v) is 21.3. The number of H-pyrrole nitrogens is 1. The van der Waals surface area contributed by atoms with Crippen LogP contribution in [0, 0.1) is 4.77 Å². The van der Waals surface area contributed by atoms with E-state index in [1.54, 1.807) is 42.7 Å². The van der Waals surface area contributed by atoms with Gasteiger partial charge in [0.1, 0.15) is 0 Å². The highest BCUT2D eigenvalue weighted by Gasteiger charge is 2.13. The maximum atomic E-state index is 5.42. The number of ether oxygens (including phenoxy) is 6. The Morgan fingerprint density at radius 3 is 1.43 bits per heavy atom. The van der Waals surface area contributed by atoms with Crippen LogP contribution in [0.2, 0.25) is 0 Å². The first kappa shape index (κ1) is 25.6. The minimum absolute atomic E-state index is 0.363. The Hall–Kier alpha value is -3.98. The Labute approximate surface area is 209 Å². The molecular formula is C26H28N2O6S. The second kappa shape index (κ2) is 11.9. The van der Waals surface area contributed by atoms with Crippen LogP contribution >= 0.6 is 12.2 Å². The smallest absolute Gasteiger partial charge is 0.203 e. The fourth-order valence-electron chi connectivity index (χ4n) is 3.43. The Kier molecular flexibility index (Phi) is 8.74. The van der Waals surface area contributed by atoms with E-state index in [1.165, 1.54) is 0 Å². The molecule has 0 aliphatic heterocycles. The molecule has 184 valence electrons. The third-order valence-electron chi connectivity index (χ3n) is 5.06. The molecule has 0 aliphatic rings. The maximum Gasteiger partial charge on any atom is 0.203 e. The average molecular weight is 497 g/mol. The standard InChI is InChI=1S/C26H28N2O6S/c1-29-20-11-16(12-21(30-2)24(20)33-5)7-9-18-15-19(28-26(35)27-18)10-8-17-13-22(31-3)25(34-6)23(14-17)32-4/h7-15H,1-6H3,(H,27,28,35). The molecule has 3 aromatic rings. The summed E-state index contributed by atoms with van der Waals surface area (Å²) in [5, 5.41) is 0. The molecule has 9 heteroatoms. The molecule has 35 heavy (non-hydrogen) atoms. The molecule has 1 N–H and O–H groups in total. The van der Waals surface area contributed by atoms with Crippen molar-refractivity contribution >= 4 is 36.5 Å². The molecule has 0 bridgehead atoms. The predicted octanol–water partition coefficient (Wildman–Crippen LogP) is 5.53. The van der Waals surface area contributed by atoms with E-state index in [0.29, 0.717) is 45.0 Å². The van der Waals surface area contributed by atoms with E-state index in [9.17, 15) is 0 Å². The van der Waals surface area contributed by atoms with Gasteiger partial charge in [-0.1, -0.05) is 12.2 Å². The molecule has 8 nitrogen and oxygen atoms in total. The number of nitrogens with one attached hydrogen (secondary N) is 1. The van der Waals surface area contributed by atoms with Gasteiger partial charge in [-0.15, -0.1) is 0 Å². The summed E-state index contributed by atoms with van der Waals surface area (Å²) in [6.45, 7) is 0. The minimum Gasteiger partial charge on any atom is -0.493 e. The lowest BCUT2D eigenvalue weighted by Crippen LogP contribution is -1.95. The van der Waals surface area contributed by atoms with Gasteiger partial charge in [0.25, 0.3) is 0 Å². The van der Waals surface area contributed by atoms with Crippen molar-refractivity contribution in [2.45, 2.75) is 0 Å². The first-order valence-corrected chi connectivity index (χ1v) is 10.9. The number of benzene rings is 2. The molecule has 1 aromatic heterocycles. The lowest BCUT2D eigenvalue weighted by Gasteiger charge is -2.13. The number of aromatic amines is 1. The highest BCUT2D eigenvalue weighted by atomic mass is 32.1. The maximum absolute atomic E-state index is 5.42. The van der Waals surface area contributed by atoms with E-state index in [1.807, 2.05) is 54.6 Å². The molecule has 0 spiro atoms. The van der Waals surface area contributed by atoms with Crippen LogP contribution in [0.1, 0.15) is 22.5 Å². The first-order chi connectivity index (χ1) is 17.0. The van der Waals surface area contributed by atoms with Crippen molar-refractivity contribution in [2.24, 2.45) is 0 Å². The van der Waals surface area contributed by atoms with Gasteiger partial charge in [0.15, 0.2) is 27.8 Å². The summed E-state index contributed by atoms with van der Waals surface area (Å²) in [5.74, 6) is 3.35. The summed E-state index contributed by atoms with van der Waals surface area (Å²) in [5.41, 5.74) is 3.19. The fourth-order valence-corrected chi connectivity index (χ4v) is 3.66. The molecule has 3 rings (SSSR count). The third-order valence-corrected chi connectivity index (χ3v) is 5.25. The molecule has 1 heterocycles. The lowest BCUT2D eigenvalue weighted by molar-refractivity contribution is 0.324. The van der Waals surface area contributed by atoms with E-state index >= 15 is 0 Å². The van der Waals surface area contributed by atoms with Crippen molar-refractivity contribution in [3.63, 3.8) is 0 Å². The molecule has 0 fully saturated rings. The Morgan fingerprint density at radius 2 is 1.03 bits per heavy atom. The van der Waals surface area contributed by atoms with Gasteiger partial charge >= 0.3 is 0 Å². The van der Waals surface area contributed by atoms with E-state index in [2.05, 4.69) is 9.97 Å². The Balaban J connectivity index is 1.91. The number of nitrogens with zero attached hydrogens (tertiary/aromatic N) is 1.